The summed E-state index contributed by atoms with van der Waals surface area (Å²) in [7, 11) is 0. The van der Waals surface area contributed by atoms with Crippen LogP contribution in [0.4, 0.5) is 5.82 Å². The van der Waals surface area contributed by atoms with Crippen LogP contribution in [-0.4, -0.2) is 40.3 Å². The molecule has 5 heterocycles. The topological polar surface area (TPSA) is 54.2 Å². The lowest BCUT2D eigenvalue weighted by molar-refractivity contribution is 0.0457. The summed E-state index contributed by atoms with van der Waals surface area (Å²) in [6, 6.07) is 19.5. The lowest BCUT2D eigenvalue weighted by Crippen LogP contribution is -2.59. The second-order valence-electron chi connectivity index (χ2n) is 8.37. The zero-order valence-corrected chi connectivity index (χ0v) is 16.5. The molecule has 0 unspecified atom stereocenters. The summed E-state index contributed by atoms with van der Waals surface area (Å²) in [5.41, 5.74) is 3.59. The molecule has 1 N–H and O–H groups in total. The first-order valence-corrected chi connectivity index (χ1v) is 10.5. The van der Waals surface area contributed by atoms with Gasteiger partial charge in [-0.15, -0.1) is 10.2 Å². The summed E-state index contributed by atoms with van der Waals surface area (Å²) in [6.45, 7) is 4.79. The molecule has 3 aliphatic rings. The number of hydrogen-bond donors (Lipinski definition) is 1. The van der Waals surface area contributed by atoms with Gasteiger partial charge in [0.2, 0.25) is 0 Å². The molecule has 0 radical (unpaired) electrons. The van der Waals surface area contributed by atoms with Crippen LogP contribution in [0.1, 0.15) is 19.8 Å². The van der Waals surface area contributed by atoms with Crippen molar-refractivity contribution in [1.82, 2.24) is 15.1 Å². The normalized spacial score (nSPS) is 26.2. The van der Waals surface area contributed by atoms with Gasteiger partial charge in [0.15, 0.2) is 0 Å². The lowest BCUT2D eigenvalue weighted by atomic mass is 9.79. The summed E-state index contributed by atoms with van der Waals surface area (Å²) < 4.78 is 6.15. The molecular formula is C24H24N4O. The highest BCUT2D eigenvalue weighted by Gasteiger charge is 2.39. The summed E-state index contributed by atoms with van der Waals surface area (Å²) in [4.78, 5) is 2.59. The van der Waals surface area contributed by atoms with Crippen molar-refractivity contribution >= 4 is 27.8 Å². The number of furan rings is 1. The third-order valence-electron chi connectivity index (χ3n) is 6.84. The number of nitrogens with zero attached hydrogens (tertiary/aromatic N) is 3. The van der Waals surface area contributed by atoms with Crippen LogP contribution in [-0.2, 0) is 0 Å². The van der Waals surface area contributed by atoms with Crippen LogP contribution in [0.25, 0.3) is 33.2 Å². The zero-order chi connectivity index (χ0) is 19.4. The van der Waals surface area contributed by atoms with Gasteiger partial charge in [-0.1, -0.05) is 30.3 Å². The highest BCUT2D eigenvalue weighted by atomic mass is 16.3. The Morgan fingerprint density at radius 3 is 2.55 bits per heavy atom. The number of hydrogen-bond acceptors (Lipinski definition) is 5. The predicted octanol–water partition coefficient (Wildman–Crippen LogP) is 4.94. The first-order chi connectivity index (χ1) is 14.3. The van der Waals surface area contributed by atoms with Gasteiger partial charge in [-0.2, -0.15) is 0 Å². The monoisotopic (exact) mass is 384 g/mol. The van der Waals surface area contributed by atoms with E-state index >= 15 is 0 Å². The van der Waals surface area contributed by atoms with E-state index in [2.05, 4.69) is 51.6 Å². The van der Waals surface area contributed by atoms with Gasteiger partial charge >= 0.3 is 0 Å². The Morgan fingerprint density at radius 1 is 0.931 bits per heavy atom. The van der Waals surface area contributed by atoms with E-state index in [1.807, 2.05) is 30.3 Å². The van der Waals surface area contributed by atoms with Crippen LogP contribution >= 0.6 is 0 Å². The van der Waals surface area contributed by atoms with Gasteiger partial charge in [0.25, 0.3) is 0 Å². The molecular weight excluding hydrogens is 360 g/mol. The largest absolute Gasteiger partial charge is 0.455 e. The van der Waals surface area contributed by atoms with Crippen LogP contribution in [0.5, 0.6) is 0 Å². The summed E-state index contributed by atoms with van der Waals surface area (Å²) in [5.74, 6) is 1.59. The molecule has 4 aromatic rings. The van der Waals surface area contributed by atoms with Gasteiger partial charge in [0.05, 0.1) is 5.69 Å². The van der Waals surface area contributed by atoms with Crippen LogP contribution in [0.15, 0.2) is 59.0 Å². The average molecular weight is 384 g/mol. The number of nitrogens with one attached hydrogen (secondary N) is 1. The Morgan fingerprint density at radius 2 is 1.76 bits per heavy atom. The van der Waals surface area contributed by atoms with Crippen molar-refractivity contribution < 1.29 is 4.42 Å². The van der Waals surface area contributed by atoms with E-state index in [4.69, 9.17) is 4.42 Å². The molecule has 3 aliphatic heterocycles. The number of para-hydroxylation sites is 2. The lowest BCUT2D eigenvalue weighted by Gasteiger charge is -2.50. The molecule has 0 spiro atoms. The second-order valence-corrected chi connectivity index (χ2v) is 8.37. The minimum absolute atomic E-state index is 0.455. The molecule has 5 nitrogen and oxygen atoms in total. The first-order valence-electron chi connectivity index (χ1n) is 10.5. The van der Waals surface area contributed by atoms with E-state index in [9.17, 15) is 0 Å². The van der Waals surface area contributed by atoms with Gasteiger partial charge < -0.3 is 9.73 Å². The Kier molecular flexibility index (Phi) is 3.84. The van der Waals surface area contributed by atoms with Crippen LogP contribution in [0.3, 0.4) is 0 Å². The fraction of sp³-hybridized carbons (Fsp3) is 0.333. The maximum atomic E-state index is 6.15. The van der Waals surface area contributed by atoms with E-state index in [1.165, 1.54) is 25.9 Å². The quantitative estimate of drug-likeness (QED) is 0.542. The SMILES string of the molecule is C[C@@H]1[C@H](Nc2ccc(-c3cccc4c3oc3ccccc34)nn2)C2CCN1CC2. The van der Waals surface area contributed by atoms with Crippen molar-refractivity contribution in [3.63, 3.8) is 0 Å². The van der Waals surface area contributed by atoms with Gasteiger partial charge in [-0.25, -0.2) is 0 Å². The minimum atomic E-state index is 0.455. The van der Waals surface area contributed by atoms with Gasteiger partial charge in [-0.3, -0.25) is 4.90 Å². The van der Waals surface area contributed by atoms with Crippen LogP contribution in [0, 0.1) is 5.92 Å². The van der Waals surface area contributed by atoms with Crippen molar-refractivity contribution in [2.75, 3.05) is 18.4 Å². The Labute approximate surface area is 169 Å². The number of fused-ring (bicyclic) bond motifs is 6. The van der Waals surface area contributed by atoms with E-state index in [0.717, 1.165) is 44.9 Å². The molecule has 5 heteroatoms. The fourth-order valence-corrected chi connectivity index (χ4v) is 5.22. The molecule has 146 valence electrons. The molecule has 2 aromatic carbocycles. The molecule has 3 saturated heterocycles. The average Bonchev–Trinajstić information content (AvgIpc) is 3.16. The maximum absolute atomic E-state index is 6.15. The van der Waals surface area contributed by atoms with Crippen molar-refractivity contribution in [1.29, 1.82) is 0 Å². The van der Waals surface area contributed by atoms with E-state index in [-0.39, 0.29) is 0 Å². The third-order valence-corrected chi connectivity index (χ3v) is 6.84. The molecule has 7 rings (SSSR count). The fourth-order valence-electron chi connectivity index (χ4n) is 5.22. The molecule has 0 aliphatic carbocycles. The smallest absolute Gasteiger partial charge is 0.148 e. The molecule has 0 saturated carbocycles. The van der Waals surface area contributed by atoms with Crippen molar-refractivity contribution in [2.45, 2.75) is 31.8 Å². The standard InChI is InChI=1S/C24H24N4O/c1-15-23(16-11-13-28(15)14-12-16)25-22-10-9-20(26-27-22)19-7-4-6-18-17-5-2-3-8-21(17)29-24(18)19/h2-10,15-16,23H,11-14H2,1H3,(H,25,27)/t15-,23+/m1/s1. The number of anilines is 1. The molecule has 2 bridgehead atoms. The predicted molar refractivity (Wildman–Crippen MR) is 116 cm³/mol. The van der Waals surface area contributed by atoms with E-state index < -0.39 is 0 Å². The van der Waals surface area contributed by atoms with Crippen molar-refractivity contribution in [3.8, 4) is 11.3 Å². The molecule has 0 amide bonds. The number of piperidine rings is 3. The molecule has 29 heavy (non-hydrogen) atoms. The van der Waals surface area contributed by atoms with Gasteiger partial charge in [0.1, 0.15) is 17.0 Å². The van der Waals surface area contributed by atoms with Crippen LogP contribution < -0.4 is 5.32 Å². The maximum Gasteiger partial charge on any atom is 0.148 e. The molecule has 2 aromatic heterocycles. The highest BCUT2D eigenvalue weighted by molar-refractivity contribution is 6.09. The summed E-state index contributed by atoms with van der Waals surface area (Å²) >= 11 is 0. The minimum Gasteiger partial charge on any atom is -0.455 e. The number of aromatic nitrogens is 2. The van der Waals surface area contributed by atoms with Crippen LogP contribution in [0.2, 0.25) is 0 Å². The Balaban J connectivity index is 1.32. The third kappa shape index (κ3) is 2.72. The zero-order valence-electron chi connectivity index (χ0n) is 16.5. The summed E-state index contributed by atoms with van der Waals surface area (Å²) in [5, 5.41) is 14.9. The van der Waals surface area contributed by atoms with Crippen molar-refractivity contribution in [2.24, 2.45) is 5.92 Å². The Hall–Kier alpha value is -2.92. The van der Waals surface area contributed by atoms with E-state index in [0.29, 0.717) is 12.1 Å². The number of rotatable bonds is 3. The molecule has 3 fully saturated rings. The van der Waals surface area contributed by atoms with E-state index in [1.54, 1.807) is 0 Å². The van der Waals surface area contributed by atoms with Crippen molar-refractivity contribution in [3.05, 3.63) is 54.6 Å². The first kappa shape index (κ1) is 17.0. The Bertz CT molecular complexity index is 1170. The van der Waals surface area contributed by atoms with Gasteiger partial charge in [-0.05, 0) is 63.0 Å². The molecule has 2 atom stereocenters. The van der Waals surface area contributed by atoms with Gasteiger partial charge in [0, 0.05) is 28.4 Å². The summed E-state index contributed by atoms with van der Waals surface area (Å²) in [6.07, 6.45) is 2.56. The second kappa shape index (κ2) is 6.56. The number of benzene rings is 2. The highest BCUT2D eigenvalue weighted by Crippen LogP contribution is 2.36.